The average Bonchev–Trinajstić information content (AvgIpc) is 3.14. The molecule has 24 heavy (non-hydrogen) atoms. The van der Waals surface area contributed by atoms with Crippen molar-refractivity contribution in [3.05, 3.63) is 35.7 Å². The Balaban J connectivity index is 1.86. The minimum Gasteiger partial charge on any atom is -0.497 e. The van der Waals surface area contributed by atoms with Crippen LogP contribution in [-0.4, -0.2) is 30.9 Å². The highest BCUT2D eigenvalue weighted by Crippen LogP contribution is 2.29. The SMILES string of the molecule is COc1ccc(-c2nnc(NS(=O)(=O)c3c(C)noc3C)s2)cc1. The van der Waals surface area contributed by atoms with Crippen molar-refractivity contribution in [2.24, 2.45) is 0 Å². The van der Waals surface area contributed by atoms with Crippen molar-refractivity contribution in [2.45, 2.75) is 18.7 Å². The first-order valence-corrected chi connectivity index (χ1v) is 9.14. The van der Waals surface area contributed by atoms with Gasteiger partial charge < -0.3 is 9.26 Å². The van der Waals surface area contributed by atoms with E-state index in [0.717, 1.165) is 22.6 Å². The first-order chi connectivity index (χ1) is 11.4. The summed E-state index contributed by atoms with van der Waals surface area (Å²) in [7, 11) is -2.24. The Morgan fingerprint density at radius 1 is 1.17 bits per heavy atom. The lowest BCUT2D eigenvalue weighted by Gasteiger charge is -2.03. The summed E-state index contributed by atoms with van der Waals surface area (Å²) < 4.78 is 37.3. The minimum absolute atomic E-state index is 0.0173. The van der Waals surface area contributed by atoms with Gasteiger partial charge in [-0.25, -0.2) is 8.42 Å². The molecule has 0 atom stereocenters. The Bertz CT molecular complexity index is 942. The number of anilines is 1. The Kier molecular flexibility index (Phi) is 4.24. The van der Waals surface area contributed by atoms with E-state index >= 15 is 0 Å². The Hall–Kier alpha value is -2.46. The average molecular weight is 366 g/mol. The Morgan fingerprint density at radius 2 is 1.88 bits per heavy atom. The highest BCUT2D eigenvalue weighted by Gasteiger charge is 2.25. The number of aryl methyl sites for hydroxylation is 2. The number of ether oxygens (including phenoxy) is 1. The van der Waals surface area contributed by atoms with Crippen LogP contribution in [0.2, 0.25) is 0 Å². The van der Waals surface area contributed by atoms with Gasteiger partial charge in [0.1, 0.15) is 16.5 Å². The van der Waals surface area contributed by atoms with Gasteiger partial charge in [-0.2, -0.15) is 0 Å². The van der Waals surface area contributed by atoms with Crippen LogP contribution in [-0.2, 0) is 10.0 Å². The second-order valence-corrected chi connectivity index (χ2v) is 7.50. The summed E-state index contributed by atoms with van der Waals surface area (Å²) in [4.78, 5) is 0.0173. The van der Waals surface area contributed by atoms with Gasteiger partial charge in [0.05, 0.1) is 7.11 Å². The van der Waals surface area contributed by atoms with Gasteiger partial charge in [0.25, 0.3) is 10.0 Å². The number of rotatable bonds is 5. The number of aromatic nitrogens is 3. The van der Waals surface area contributed by atoms with E-state index < -0.39 is 10.0 Å². The van der Waals surface area contributed by atoms with Crippen LogP contribution in [0.15, 0.2) is 33.7 Å². The molecule has 0 fully saturated rings. The van der Waals surface area contributed by atoms with Crippen LogP contribution in [0.4, 0.5) is 5.13 Å². The summed E-state index contributed by atoms with van der Waals surface area (Å²) in [6.07, 6.45) is 0. The second-order valence-electron chi connectivity index (χ2n) is 4.90. The highest BCUT2D eigenvalue weighted by molar-refractivity contribution is 7.93. The molecule has 0 saturated carbocycles. The summed E-state index contributed by atoms with van der Waals surface area (Å²) in [5.74, 6) is 0.947. The minimum atomic E-state index is -3.83. The topological polar surface area (TPSA) is 107 Å². The molecule has 3 rings (SSSR count). The lowest BCUT2D eigenvalue weighted by molar-refractivity contribution is 0.390. The molecule has 3 aromatic rings. The van der Waals surface area contributed by atoms with Crippen LogP contribution >= 0.6 is 11.3 Å². The number of hydrogen-bond donors (Lipinski definition) is 1. The third kappa shape index (κ3) is 3.10. The van der Waals surface area contributed by atoms with Crippen LogP contribution in [0.3, 0.4) is 0 Å². The summed E-state index contributed by atoms with van der Waals surface area (Å²) in [6, 6.07) is 7.24. The molecular formula is C14H14N4O4S2. The molecule has 0 amide bonds. The van der Waals surface area contributed by atoms with Gasteiger partial charge in [-0.3, -0.25) is 4.72 Å². The first kappa shape index (κ1) is 16.4. The summed E-state index contributed by atoms with van der Waals surface area (Å²) >= 11 is 1.13. The third-order valence-corrected chi connectivity index (χ3v) is 5.82. The van der Waals surface area contributed by atoms with Crippen molar-refractivity contribution in [1.82, 2.24) is 15.4 Å². The third-order valence-electron chi connectivity index (χ3n) is 3.22. The molecule has 10 heteroatoms. The molecule has 0 aliphatic carbocycles. The molecule has 2 aromatic heterocycles. The molecule has 0 radical (unpaired) electrons. The smallest absolute Gasteiger partial charge is 0.269 e. The lowest BCUT2D eigenvalue weighted by atomic mass is 10.2. The molecule has 1 aromatic carbocycles. The van der Waals surface area contributed by atoms with Gasteiger partial charge in [-0.05, 0) is 38.1 Å². The maximum Gasteiger partial charge on any atom is 0.269 e. The van der Waals surface area contributed by atoms with E-state index in [9.17, 15) is 8.42 Å². The van der Waals surface area contributed by atoms with Crippen LogP contribution in [0.25, 0.3) is 10.6 Å². The Labute approximate surface area is 142 Å². The molecule has 0 saturated heterocycles. The van der Waals surface area contributed by atoms with Crippen molar-refractivity contribution in [3.63, 3.8) is 0 Å². The largest absolute Gasteiger partial charge is 0.497 e. The van der Waals surface area contributed by atoms with Gasteiger partial charge in [-0.15, -0.1) is 10.2 Å². The van der Waals surface area contributed by atoms with Gasteiger partial charge in [-0.1, -0.05) is 16.5 Å². The van der Waals surface area contributed by atoms with Gasteiger partial charge in [0.2, 0.25) is 5.13 Å². The molecule has 0 unspecified atom stereocenters. The number of nitrogens with one attached hydrogen (secondary N) is 1. The number of hydrogen-bond acceptors (Lipinski definition) is 8. The fraction of sp³-hybridized carbons (Fsp3) is 0.214. The molecule has 0 aliphatic rings. The lowest BCUT2D eigenvalue weighted by Crippen LogP contribution is -2.14. The predicted octanol–water partition coefficient (Wildman–Crippen LogP) is 2.62. The number of sulfonamides is 1. The number of methoxy groups -OCH3 is 1. The van der Waals surface area contributed by atoms with E-state index in [-0.39, 0.29) is 15.8 Å². The second kappa shape index (κ2) is 6.21. The molecule has 8 nitrogen and oxygen atoms in total. The standard InChI is InChI=1S/C14H14N4O4S2/c1-8-12(9(2)22-17-8)24(19,20)18-14-16-15-13(23-14)10-4-6-11(21-3)7-5-10/h4-7H,1-3H3,(H,16,18). The maximum atomic E-state index is 12.4. The van der Waals surface area contributed by atoms with E-state index in [1.54, 1.807) is 26.2 Å². The normalized spacial score (nSPS) is 11.5. The van der Waals surface area contributed by atoms with Crippen molar-refractivity contribution < 1.29 is 17.7 Å². The summed E-state index contributed by atoms with van der Waals surface area (Å²) in [6.45, 7) is 3.10. The predicted molar refractivity (Wildman–Crippen MR) is 88.7 cm³/mol. The van der Waals surface area contributed by atoms with E-state index in [1.165, 1.54) is 6.92 Å². The number of benzene rings is 1. The summed E-state index contributed by atoms with van der Waals surface area (Å²) in [5, 5.41) is 12.3. The zero-order valence-electron chi connectivity index (χ0n) is 13.1. The zero-order chi connectivity index (χ0) is 17.3. The molecule has 0 bridgehead atoms. The van der Waals surface area contributed by atoms with Crippen molar-refractivity contribution >= 4 is 26.5 Å². The van der Waals surface area contributed by atoms with E-state index in [0.29, 0.717) is 10.7 Å². The van der Waals surface area contributed by atoms with Gasteiger partial charge >= 0.3 is 0 Å². The van der Waals surface area contributed by atoms with Crippen molar-refractivity contribution in [3.8, 4) is 16.3 Å². The first-order valence-electron chi connectivity index (χ1n) is 6.84. The molecule has 0 spiro atoms. The van der Waals surface area contributed by atoms with Crippen molar-refractivity contribution in [2.75, 3.05) is 11.8 Å². The van der Waals surface area contributed by atoms with Crippen molar-refractivity contribution in [1.29, 1.82) is 0 Å². The zero-order valence-corrected chi connectivity index (χ0v) is 14.7. The van der Waals surface area contributed by atoms with E-state index in [4.69, 9.17) is 9.26 Å². The summed E-state index contributed by atoms with van der Waals surface area (Å²) in [5.41, 5.74) is 1.11. The van der Waals surface area contributed by atoms with Gasteiger partial charge in [0.15, 0.2) is 10.7 Å². The van der Waals surface area contributed by atoms with Crippen LogP contribution in [0.1, 0.15) is 11.5 Å². The molecular weight excluding hydrogens is 352 g/mol. The maximum absolute atomic E-state index is 12.4. The highest BCUT2D eigenvalue weighted by atomic mass is 32.2. The fourth-order valence-electron chi connectivity index (χ4n) is 2.14. The van der Waals surface area contributed by atoms with Gasteiger partial charge in [0, 0.05) is 5.56 Å². The van der Waals surface area contributed by atoms with E-state index in [1.807, 2.05) is 12.1 Å². The molecule has 2 heterocycles. The Morgan fingerprint density at radius 3 is 2.46 bits per heavy atom. The fourth-order valence-corrected chi connectivity index (χ4v) is 4.45. The van der Waals surface area contributed by atoms with E-state index in [2.05, 4.69) is 20.1 Å². The number of nitrogens with zero attached hydrogens (tertiary/aromatic N) is 3. The van der Waals surface area contributed by atoms with Crippen LogP contribution < -0.4 is 9.46 Å². The molecule has 1 N–H and O–H groups in total. The van der Waals surface area contributed by atoms with Crippen LogP contribution in [0, 0.1) is 13.8 Å². The van der Waals surface area contributed by atoms with Crippen LogP contribution in [0.5, 0.6) is 5.75 Å². The quantitative estimate of drug-likeness (QED) is 0.739. The molecule has 0 aliphatic heterocycles. The molecule has 126 valence electrons. The monoisotopic (exact) mass is 366 g/mol.